The lowest BCUT2D eigenvalue weighted by atomic mass is 10.1. The van der Waals surface area contributed by atoms with Gasteiger partial charge >= 0.3 is 0 Å². The molecule has 2 nitrogen and oxygen atoms in total. The maximum absolute atomic E-state index is 5.36. The van der Waals surface area contributed by atoms with Crippen molar-refractivity contribution in [3.63, 3.8) is 0 Å². The summed E-state index contributed by atoms with van der Waals surface area (Å²) in [5.74, 6) is 0. The summed E-state index contributed by atoms with van der Waals surface area (Å²) >= 11 is 0. The first-order valence-electron chi connectivity index (χ1n) is 7.65. The third-order valence-electron chi connectivity index (χ3n) is 3.18. The summed E-state index contributed by atoms with van der Waals surface area (Å²) in [6, 6.07) is 0. The predicted molar refractivity (Wildman–Crippen MR) is 83.3 cm³/mol. The van der Waals surface area contributed by atoms with Crippen LogP contribution in [0.25, 0.3) is 0 Å². The van der Waals surface area contributed by atoms with Gasteiger partial charge in [-0.25, -0.2) is 0 Å². The Morgan fingerprint density at radius 2 is 1.17 bits per heavy atom. The summed E-state index contributed by atoms with van der Waals surface area (Å²) in [6.45, 7) is 6.17. The van der Waals surface area contributed by atoms with E-state index in [-0.39, 0.29) is 12.4 Å². The van der Waals surface area contributed by atoms with Gasteiger partial charge in [0.1, 0.15) is 0 Å². The fourth-order valence-corrected chi connectivity index (χ4v) is 2.11. The molecule has 0 fully saturated rings. The van der Waals surface area contributed by atoms with Crippen LogP contribution in [0.5, 0.6) is 0 Å². The second kappa shape index (κ2) is 17.2. The van der Waals surface area contributed by atoms with Crippen molar-refractivity contribution in [2.24, 2.45) is 0 Å². The monoisotopic (exact) mass is 279 g/mol. The number of hydroxylamine groups is 2. The normalized spacial score (nSPS) is 10.7. The van der Waals surface area contributed by atoms with E-state index in [1.807, 2.05) is 19.0 Å². The molecular weight excluding hydrogens is 246 g/mol. The minimum atomic E-state index is 0. The molecule has 0 aromatic heterocycles. The molecule has 0 saturated heterocycles. The molecule has 0 spiro atoms. The third-order valence-corrected chi connectivity index (χ3v) is 3.18. The molecule has 0 bridgehead atoms. The molecule has 18 heavy (non-hydrogen) atoms. The summed E-state index contributed by atoms with van der Waals surface area (Å²) in [5, 5.41) is 1.96. The fourth-order valence-electron chi connectivity index (χ4n) is 2.11. The summed E-state index contributed by atoms with van der Waals surface area (Å²) in [7, 11) is 2.03. The second-order valence-corrected chi connectivity index (χ2v) is 4.95. The highest BCUT2D eigenvalue weighted by Crippen LogP contribution is 2.10. The van der Waals surface area contributed by atoms with Gasteiger partial charge in [0.25, 0.3) is 0 Å². The van der Waals surface area contributed by atoms with E-state index in [0.29, 0.717) is 0 Å². The Morgan fingerprint density at radius 3 is 1.61 bits per heavy atom. The molecule has 0 aliphatic heterocycles. The number of hydrogen-bond acceptors (Lipinski definition) is 2. The van der Waals surface area contributed by atoms with Gasteiger partial charge in [0.05, 0.1) is 6.61 Å². The van der Waals surface area contributed by atoms with Crippen molar-refractivity contribution in [1.82, 2.24) is 5.06 Å². The van der Waals surface area contributed by atoms with Crippen LogP contribution >= 0.6 is 12.4 Å². The molecule has 0 aromatic rings. The van der Waals surface area contributed by atoms with Crippen LogP contribution in [-0.4, -0.2) is 25.3 Å². The van der Waals surface area contributed by atoms with Gasteiger partial charge in [-0.05, 0) is 13.3 Å². The molecule has 0 unspecified atom stereocenters. The molecule has 0 amide bonds. The van der Waals surface area contributed by atoms with E-state index in [0.717, 1.165) is 13.2 Å². The van der Waals surface area contributed by atoms with Crippen LogP contribution in [-0.2, 0) is 4.84 Å². The number of nitrogens with zero attached hydrogens (tertiary/aromatic N) is 1. The molecular formula is C15H34ClNO. The lowest BCUT2D eigenvalue weighted by Gasteiger charge is -2.14. The van der Waals surface area contributed by atoms with E-state index in [4.69, 9.17) is 4.84 Å². The first-order valence-corrected chi connectivity index (χ1v) is 7.65. The molecule has 0 aliphatic carbocycles. The predicted octanol–water partition coefficient (Wildman–Crippen LogP) is 5.21. The Bertz CT molecular complexity index is 144. The van der Waals surface area contributed by atoms with E-state index >= 15 is 0 Å². The highest BCUT2D eigenvalue weighted by Gasteiger charge is 1.96. The average molecular weight is 280 g/mol. The zero-order valence-electron chi connectivity index (χ0n) is 12.7. The van der Waals surface area contributed by atoms with E-state index < -0.39 is 0 Å². The molecule has 0 rings (SSSR count). The highest BCUT2D eigenvalue weighted by atomic mass is 35.5. The first-order chi connectivity index (χ1) is 8.31. The lowest BCUT2D eigenvalue weighted by Crippen LogP contribution is -2.19. The third kappa shape index (κ3) is 16.2. The number of rotatable bonds is 13. The van der Waals surface area contributed by atoms with Crippen LogP contribution in [0.4, 0.5) is 0 Å². The fraction of sp³-hybridized carbons (Fsp3) is 1.00. The molecule has 0 aromatic carbocycles. The van der Waals surface area contributed by atoms with Crippen molar-refractivity contribution in [1.29, 1.82) is 0 Å². The topological polar surface area (TPSA) is 12.5 Å². The quantitative estimate of drug-likeness (QED) is 0.339. The van der Waals surface area contributed by atoms with Crippen LogP contribution in [0.15, 0.2) is 0 Å². The van der Waals surface area contributed by atoms with E-state index in [1.54, 1.807) is 0 Å². The number of unbranched alkanes of at least 4 members (excludes halogenated alkanes) is 9. The largest absolute Gasteiger partial charge is 0.300 e. The van der Waals surface area contributed by atoms with E-state index in [2.05, 4.69) is 6.92 Å². The SMILES string of the molecule is CCCCCCCCCCCCN(C)OCC.Cl. The highest BCUT2D eigenvalue weighted by molar-refractivity contribution is 5.85. The van der Waals surface area contributed by atoms with Crippen LogP contribution < -0.4 is 0 Å². The molecule has 112 valence electrons. The van der Waals surface area contributed by atoms with E-state index in [9.17, 15) is 0 Å². The maximum Gasteiger partial charge on any atom is 0.0656 e. The first kappa shape index (κ1) is 20.5. The van der Waals surface area contributed by atoms with Gasteiger partial charge < -0.3 is 0 Å². The Morgan fingerprint density at radius 1 is 0.722 bits per heavy atom. The van der Waals surface area contributed by atoms with Crippen molar-refractivity contribution < 1.29 is 4.84 Å². The smallest absolute Gasteiger partial charge is 0.0656 e. The van der Waals surface area contributed by atoms with Gasteiger partial charge in [-0.1, -0.05) is 64.7 Å². The van der Waals surface area contributed by atoms with Crippen molar-refractivity contribution in [3.8, 4) is 0 Å². The number of halogens is 1. The number of hydrogen-bond donors (Lipinski definition) is 0. The average Bonchev–Trinajstić information content (AvgIpc) is 2.32. The van der Waals surface area contributed by atoms with Crippen molar-refractivity contribution >= 4 is 12.4 Å². The Labute approximate surface area is 121 Å². The van der Waals surface area contributed by atoms with Crippen LogP contribution in [0.1, 0.15) is 78.1 Å². The van der Waals surface area contributed by atoms with Crippen molar-refractivity contribution in [2.75, 3.05) is 20.2 Å². The molecule has 0 aliphatic rings. The summed E-state index contributed by atoms with van der Waals surface area (Å²) < 4.78 is 0. The van der Waals surface area contributed by atoms with Gasteiger partial charge in [0.2, 0.25) is 0 Å². The lowest BCUT2D eigenvalue weighted by molar-refractivity contribution is -0.135. The second-order valence-electron chi connectivity index (χ2n) is 4.95. The van der Waals surface area contributed by atoms with E-state index in [1.165, 1.54) is 64.2 Å². The van der Waals surface area contributed by atoms with Crippen molar-refractivity contribution in [3.05, 3.63) is 0 Å². The van der Waals surface area contributed by atoms with Gasteiger partial charge in [0, 0.05) is 13.6 Å². The Balaban J connectivity index is 0. The van der Waals surface area contributed by atoms with Crippen LogP contribution in [0, 0.1) is 0 Å². The van der Waals surface area contributed by atoms with Crippen LogP contribution in [0.2, 0.25) is 0 Å². The summed E-state index contributed by atoms with van der Waals surface area (Å²) in [5.41, 5.74) is 0. The zero-order valence-corrected chi connectivity index (χ0v) is 13.6. The summed E-state index contributed by atoms with van der Waals surface area (Å²) in [6.07, 6.45) is 14.0. The standard InChI is InChI=1S/C15H33NO.ClH/c1-4-6-7-8-9-10-11-12-13-14-15-16(3)17-5-2;/h4-15H2,1-3H3;1H. The van der Waals surface area contributed by atoms with Gasteiger partial charge in [0.15, 0.2) is 0 Å². The molecule has 0 atom stereocenters. The molecule has 0 saturated carbocycles. The van der Waals surface area contributed by atoms with Gasteiger partial charge in [-0.3, -0.25) is 4.84 Å². The maximum atomic E-state index is 5.36. The zero-order chi connectivity index (χ0) is 12.8. The molecule has 0 radical (unpaired) electrons. The van der Waals surface area contributed by atoms with Gasteiger partial charge in [-0.15, -0.1) is 12.4 Å². The molecule has 0 N–H and O–H groups in total. The Kier molecular flexibility index (Phi) is 19.6. The minimum absolute atomic E-state index is 0. The molecule has 3 heteroatoms. The Hall–Kier alpha value is 0.210. The minimum Gasteiger partial charge on any atom is -0.300 e. The van der Waals surface area contributed by atoms with Crippen LogP contribution in [0.3, 0.4) is 0 Å². The van der Waals surface area contributed by atoms with Crippen molar-refractivity contribution in [2.45, 2.75) is 78.1 Å². The molecule has 0 heterocycles. The van der Waals surface area contributed by atoms with Gasteiger partial charge in [-0.2, -0.15) is 5.06 Å². The summed E-state index contributed by atoms with van der Waals surface area (Å²) in [4.78, 5) is 5.36.